The van der Waals surface area contributed by atoms with E-state index >= 15 is 0 Å². The van der Waals surface area contributed by atoms with Crippen LogP contribution in [0.2, 0.25) is 0 Å². The van der Waals surface area contributed by atoms with Crippen LogP contribution in [0.15, 0.2) is 11.5 Å². The molecule has 0 spiro atoms. The Balaban J connectivity index is 1.73. The average molecular weight is 545 g/mol. The molecule has 6 atom stereocenters. The van der Waals surface area contributed by atoms with Crippen LogP contribution >= 0.6 is 34.4 Å². The van der Waals surface area contributed by atoms with E-state index in [2.05, 4.69) is 19.3 Å². The summed E-state index contributed by atoms with van der Waals surface area (Å²) in [7, 11) is -9.69. The Hall–Kier alpha value is -0.865. The Morgan fingerprint density at radius 2 is 1.91 bits per heavy atom. The van der Waals surface area contributed by atoms with E-state index in [1.807, 2.05) is 0 Å². The number of nitrogen functional groups attached to an aromatic ring is 1. The Morgan fingerprint density at radius 1 is 1.24 bits per heavy atom. The predicted molar refractivity (Wildman–Crippen MR) is 115 cm³/mol. The molecular formula is C12H19BN5O11P3S. The molecule has 1 aliphatic rings. The Kier molecular flexibility index (Phi) is 7.82. The van der Waals surface area contributed by atoms with Crippen LogP contribution in [0.1, 0.15) is 6.23 Å². The Bertz CT molecular complexity index is 1180. The molecule has 1 saturated heterocycles. The van der Waals surface area contributed by atoms with Gasteiger partial charge in [0.2, 0.25) is 7.57 Å². The first-order valence-corrected chi connectivity index (χ1v) is 15.2. The summed E-state index contributed by atoms with van der Waals surface area (Å²) in [6.07, 6.45) is -2.74. The lowest BCUT2D eigenvalue weighted by molar-refractivity contribution is -0.0478. The minimum Gasteiger partial charge on any atom is -0.387 e. The van der Waals surface area contributed by atoms with Crippen molar-refractivity contribution in [1.29, 1.82) is 0 Å². The molecule has 1 aliphatic heterocycles. The molecule has 2 unspecified atom stereocenters. The molecular weight excluding hydrogens is 526 g/mol. The molecule has 1 fully saturated rings. The number of nitrogens with zero attached hydrogens (tertiary/aromatic N) is 4. The Labute approximate surface area is 191 Å². The number of imidazole rings is 1. The number of anilines is 1. The standard InChI is InChI=1S/C12H19BN5O11P3S/c1-33-12-16-9(14)6-10(17-12)18(3-15-6)11-8(20)7(19)5(28-11)2-27-32(13,26)29-31(24,25)4-30(21,22)23/h3,5,7-8,11,19-20H,2,4H2,1H3,(H,24,25)(H2,14,16,17)(H2,21,22,23)/t5-,7-,8-,11-,32?/m1/s1. The van der Waals surface area contributed by atoms with Gasteiger partial charge in [-0.05, 0) is 6.26 Å². The number of hydrogen-bond donors (Lipinski definition) is 6. The summed E-state index contributed by atoms with van der Waals surface area (Å²) in [6.45, 7) is -0.780. The third kappa shape index (κ3) is 6.43. The van der Waals surface area contributed by atoms with Gasteiger partial charge in [-0.2, -0.15) is 0 Å². The summed E-state index contributed by atoms with van der Waals surface area (Å²) in [5.74, 6) is -1.55. The molecule has 0 aromatic carbocycles. The van der Waals surface area contributed by atoms with Crippen molar-refractivity contribution < 1.29 is 52.2 Å². The molecule has 2 aromatic heterocycles. The zero-order valence-electron chi connectivity index (χ0n) is 16.7. The van der Waals surface area contributed by atoms with Gasteiger partial charge in [0.1, 0.15) is 23.8 Å². The number of rotatable bonds is 9. The van der Waals surface area contributed by atoms with E-state index in [9.17, 15) is 28.8 Å². The zero-order valence-corrected chi connectivity index (χ0v) is 20.2. The van der Waals surface area contributed by atoms with E-state index in [1.54, 1.807) is 6.26 Å². The first-order valence-electron chi connectivity index (χ1n) is 8.79. The highest BCUT2D eigenvalue weighted by Crippen LogP contribution is 2.64. The number of aliphatic hydroxyl groups excluding tert-OH is 2. The fourth-order valence-electron chi connectivity index (χ4n) is 2.93. The van der Waals surface area contributed by atoms with Crippen LogP contribution in [0.5, 0.6) is 0 Å². The largest absolute Gasteiger partial charge is 0.387 e. The third-order valence-electron chi connectivity index (χ3n) is 4.24. The van der Waals surface area contributed by atoms with Gasteiger partial charge in [-0.1, -0.05) is 11.8 Å². The molecule has 0 amide bonds. The number of hydrogen-bond acceptors (Lipinski definition) is 13. The highest BCUT2D eigenvalue weighted by molar-refractivity contribution is 7.98. The zero-order chi connectivity index (χ0) is 24.8. The van der Waals surface area contributed by atoms with Gasteiger partial charge in [0, 0.05) is 0 Å². The fourth-order valence-corrected chi connectivity index (χ4v) is 7.80. The van der Waals surface area contributed by atoms with Crippen molar-refractivity contribution in [3.8, 4) is 0 Å². The highest BCUT2D eigenvalue weighted by atomic mass is 32.2. The second-order valence-electron chi connectivity index (χ2n) is 6.83. The van der Waals surface area contributed by atoms with Crippen LogP contribution in [0.3, 0.4) is 0 Å². The molecule has 33 heavy (non-hydrogen) atoms. The average Bonchev–Trinajstić information content (AvgIpc) is 3.19. The quantitative estimate of drug-likeness (QED) is 0.0994. The number of ether oxygens (including phenoxy) is 1. The maximum absolute atomic E-state index is 12.2. The monoisotopic (exact) mass is 545 g/mol. The van der Waals surface area contributed by atoms with Gasteiger partial charge < -0.3 is 39.9 Å². The molecule has 0 saturated carbocycles. The van der Waals surface area contributed by atoms with Gasteiger partial charge >= 0.3 is 15.2 Å². The topological polar surface area (TPSA) is 250 Å². The molecule has 7 N–H and O–H groups in total. The van der Waals surface area contributed by atoms with E-state index in [0.717, 1.165) is 0 Å². The molecule has 2 radical (unpaired) electrons. The first kappa shape index (κ1) is 26.7. The summed E-state index contributed by atoms with van der Waals surface area (Å²) >= 11 is 1.21. The summed E-state index contributed by atoms with van der Waals surface area (Å²) in [6, 6.07) is 0. The van der Waals surface area contributed by atoms with Gasteiger partial charge in [0.25, 0.3) is 7.47 Å². The smallest absolute Gasteiger partial charge is 0.346 e. The lowest BCUT2D eigenvalue weighted by Crippen LogP contribution is -2.33. The van der Waals surface area contributed by atoms with Crippen molar-refractivity contribution in [2.24, 2.45) is 0 Å². The summed E-state index contributed by atoms with van der Waals surface area (Å²) < 4.78 is 50.6. The van der Waals surface area contributed by atoms with Crippen LogP contribution in [-0.4, -0.2) is 89.1 Å². The van der Waals surface area contributed by atoms with Crippen LogP contribution in [-0.2, 0) is 27.3 Å². The van der Waals surface area contributed by atoms with Gasteiger partial charge in [0.15, 0.2) is 28.8 Å². The SMILES string of the molecule is [B]P(=O)(OC[C@H]1O[C@@H](n2cnc3c(N)nc(SC)nc32)[C@H](O)[C@@H]1O)OP(=O)(O)CP(=O)(O)O. The second-order valence-corrected chi connectivity index (χ2v) is 13.3. The van der Waals surface area contributed by atoms with E-state index in [4.69, 9.17) is 32.3 Å². The lowest BCUT2D eigenvalue weighted by atomic mass is 10.1. The van der Waals surface area contributed by atoms with Crippen molar-refractivity contribution in [1.82, 2.24) is 19.5 Å². The lowest BCUT2D eigenvalue weighted by Gasteiger charge is -2.21. The van der Waals surface area contributed by atoms with E-state index < -0.39 is 59.7 Å². The Morgan fingerprint density at radius 3 is 2.52 bits per heavy atom. The van der Waals surface area contributed by atoms with Gasteiger partial charge in [-0.15, -0.1) is 0 Å². The molecule has 3 rings (SSSR count). The normalized spacial score (nSPS) is 27.5. The van der Waals surface area contributed by atoms with Gasteiger partial charge in [0.05, 0.1) is 12.9 Å². The number of nitrogens with two attached hydrogens (primary N) is 1. The molecule has 3 heterocycles. The molecule has 16 nitrogen and oxygen atoms in total. The molecule has 2 aromatic rings. The van der Waals surface area contributed by atoms with E-state index in [0.29, 0.717) is 5.16 Å². The summed E-state index contributed by atoms with van der Waals surface area (Å²) in [4.78, 5) is 39.4. The van der Waals surface area contributed by atoms with Crippen molar-refractivity contribution in [3.63, 3.8) is 0 Å². The molecule has 21 heteroatoms. The minimum absolute atomic E-state index is 0.0842. The van der Waals surface area contributed by atoms with Crippen LogP contribution in [0.25, 0.3) is 11.2 Å². The number of thioether (sulfide) groups is 1. The minimum atomic E-state index is -5.09. The van der Waals surface area contributed by atoms with E-state index in [1.165, 1.54) is 22.7 Å². The third-order valence-corrected chi connectivity index (χ3v) is 10.1. The maximum atomic E-state index is 12.2. The van der Waals surface area contributed by atoms with Gasteiger partial charge in [-0.3, -0.25) is 18.3 Å². The highest BCUT2D eigenvalue weighted by Gasteiger charge is 2.46. The molecule has 0 bridgehead atoms. The second kappa shape index (κ2) is 9.65. The van der Waals surface area contributed by atoms with Crippen molar-refractivity contribution >= 4 is 59.0 Å². The van der Waals surface area contributed by atoms with Gasteiger partial charge in [-0.25, -0.2) is 19.3 Å². The molecule has 0 aliphatic carbocycles. The van der Waals surface area contributed by atoms with Crippen LogP contribution in [0.4, 0.5) is 5.82 Å². The predicted octanol–water partition coefficient (Wildman–Crippen LogP) is -0.620. The van der Waals surface area contributed by atoms with Crippen LogP contribution < -0.4 is 5.73 Å². The summed E-state index contributed by atoms with van der Waals surface area (Å²) in [5, 5.41) is 21.1. The first-order chi connectivity index (χ1) is 15.1. The van der Waals surface area contributed by atoms with Crippen molar-refractivity contribution in [2.75, 3.05) is 24.5 Å². The number of aliphatic hydroxyl groups is 2. The molecule has 182 valence electrons. The van der Waals surface area contributed by atoms with E-state index in [-0.39, 0.29) is 17.0 Å². The van der Waals surface area contributed by atoms with Crippen molar-refractivity contribution in [2.45, 2.75) is 29.7 Å². The fraction of sp³-hybridized carbons (Fsp3) is 0.583. The number of aromatic nitrogens is 4. The van der Waals surface area contributed by atoms with Crippen molar-refractivity contribution in [3.05, 3.63) is 6.33 Å². The number of fused-ring (bicyclic) bond motifs is 1. The summed E-state index contributed by atoms with van der Waals surface area (Å²) in [5.41, 5.74) is 6.28. The maximum Gasteiger partial charge on any atom is 0.346 e. The van der Waals surface area contributed by atoms with Crippen LogP contribution in [0, 0.1) is 0 Å².